The number of hydrogen-bond acceptors (Lipinski definition) is 5. The lowest BCUT2D eigenvalue weighted by Gasteiger charge is -2.26. The van der Waals surface area contributed by atoms with E-state index in [1.54, 1.807) is 60.7 Å². The monoisotopic (exact) mass is 384 g/mol. The Labute approximate surface area is 163 Å². The van der Waals surface area contributed by atoms with E-state index in [1.807, 2.05) is 6.92 Å². The van der Waals surface area contributed by atoms with Gasteiger partial charge in [-0.1, -0.05) is 74.0 Å². The predicted molar refractivity (Wildman–Crippen MR) is 103 cm³/mol. The first-order valence-electron chi connectivity index (χ1n) is 9.06. The molecule has 28 heavy (non-hydrogen) atoms. The van der Waals surface area contributed by atoms with Crippen molar-refractivity contribution in [2.75, 3.05) is 13.2 Å². The zero-order valence-corrected chi connectivity index (χ0v) is 15.7. The quantitative estimate of drug-likeness (QED) is 0.477. The molecule has 0 heterocycles. The SMILES string of the molecule is CCCCNC(=O)NC(=O)COC(=O)C(O)(c1ccccc1)c1ccccc1. The molecule has 7 heteroatoms. The number of aliphatic hydroxyl groups is 1. The van der Waals surface area contributed by atoms with E-state index in [1.165, 1.54) is 0 Å². The number of rotatable bonds is 8. The maximum atomic E-state index is 12.7. The first kappa shape index (κ1) is 21.1. The molecule has 0 bridgehead atoms. The Morgan fingerprint density at radius 1 is 0.964 bits per heavy atom. The van der Waals surface area contributed by atoms with Crippen LogP contribution in [0.25, 0.3) is 0 Å². The summed E-state index contributed by atoms with van der Waals surface area (Å²) in [6.07, 6.45) is 1.70. The standard InChI is InChI=1S/C21H24N2O5/c1-2-3-14-22-20(26)23-18(24)15-28-19(25)21(27,16-10-6-4-7-11-16)17-12-8-5-9-13-17/h4-13,27H,2-3,14-15H2,1H3,(H2,22,23,24,26). The molecular weight excluding hydrogens is 360 g/mol. The van der Waals surface area contributed by atoms with Gasteiger partial charge < -0.3 is 15.2 Å². The van der Waals surface area contributed by atoms with Crippen molar-refractivity contribution in [3.8, 4) is 0 Å². The van der Waals surface area contributed by atoms with Gasteiger partial charge in [0.05, 0.1) is 0 Å². The van der Waals surface area contributed by atoms with E-state index in [0.717, 1.165) is 12.8 Å². The second kappa shape index (κ2) is 10.2. The van der Waals surface area contributed by atoms with Crippen LogP contribution in [-0.4, -0.2) is 36.2 Å². The molecule has 0 spiro atoms. The molecule has 2 rings (SSSR count). The van der Waals surface area contributed by atoms with Gasteiger partial charge in [-0.05, 0) is 17.5 Å². The van der Waals surface area contributed by atoms with Crippen LogP contribution >= 0.6 is 0 Å². The highest BCUT2D eigenvalue weighted by Crippen LogP contribution is 2.30. The van der Waals surface area contributed by atoms with Crippen molar-refractivity contribution < 1.29 is 24.2 Å². The van der Waals surface area contributed by atoms with Crippen molar-refractivity contribution in [2.24, 2.45) is 0 Å². The number of esters is 1. The summed E-state index contributed by atoms with van der Waals surface area (Å²) in [6, 6.07) is 16.0. The van der Waals surface area contributed by atoms with E-state index in [4.69, 9.17) is 4.74 Å². The fourth-order valence-electron chi connectivity index (χ4n) is 2.58. The Hall–Kier alpha value is -3.19. The van der Waals surface area contributed by atoms with Gasteiger partial charge in [0.25, 0.3) is 5.91 Å². The van der Waals surface area contributed by atoms with Gasteiger partial charge in [-0.25, -0.2) is 9.59 Å². The molecule has 0 aliphatic carbocycles. The third-order valence-corrected chi connectivity index (χ3v) is 4.08. The molecule has 7 nitrogen and oxygen atoms in total. The van der Waals surface area contributed by atoms with Crippen LogP contribution in [0.1, 0.15) is 30.9 Å². The van der Waals surface area contributed by atoms with Crippen LogP contribution < -0.4 is 10.6 Å². The summed E-state index contributed by atoms with van der Waals surface area (Å²) in [5, 5.41) is 15.8. The lowest BCUT2D eigenvalue weighted by atomic mass is 9.86. The van der Waals surface area contributed by atoms with E-state index in [2.05, 4.69) is 10.6 Å². The molecule has 3 amide bonds. The van der Waals surface area contributed by atoms with Crippen molar-refractivity contribution in [1.82, 2.24) is 10.6 Å². The average Bonchev–Trinajstić information content (AvgIpc) is 2.72. The molecule has 3 N–H and O–H groups in total. The summed E-state index contributed by atoms with van der Waals surface area (Å²) >= 11 is 0. The van der Waals surface area contributed by atoms with Crippen molar-refractivity contribution >= 4 is 17.9 Å². The fraction of sp³-hybridized carbons (Fsp3) is 0.286. The van der Waals surface area contributed by atoms with Crippen LogP contribution in [0.4, 0.5) is 4.79 Å². The molecule has 0 aliphatic rings. The summed E-state index contributed by atoms with van der Waals surface area (Å²) in [7, 11) is 0. The number of imide groups is 1. The molecular formula is C21H24N2O5. The van der Waals surface area contributed by atoms with Crippen molar-refractivity contribution in [2.45, 2.75) is 25.4 Å². The molecule has 148 valence electrons. The fourth-order valence-corrected chi connectivity index (χ4v) is 2.58. The summed E-state index contributed by atoms with van der Waals surface area (Å²) in [4.78, 5) is 36.2. The number of unbranched alkanes of at least 4 members (excludes halogenated alkanes) is 1. The summed E-state index contributed by atoms with van der Waals surface area (Å²) in [6.45, 7) is 1.73. The van der Waals surface area contributed by atoms with Crippen molar-refractivity contribution in [1.29, 1.82) is 0 Å². The van der Waals surface area contributed by atoms with E-state index in [0.29, 0.717) is 17.7 Å². The molecule has 0 saturated carbocycles. The number of amides is 3. The molecule has 0 saturated heterocycles. The highest BCUT2D eigenvalue weighted by atomic mass is 16.6. The number of hydrogen-bond donors (Lipinski definition) is 3. The van der Waals surface area contributed by atoms with E-state index < -0.39 is 30.1 Å². The number of benzene rings is 2. The first-order valence-corrected chi connectivity index (χ1v) is 9.06. The highest BCUT2D eigenvalue weighted by molar-refractivity contribution is 5.96. The Balaban J connectivity index is 2.06. The Morgan fingerprint density at radius 2 is 1.50 bits per heavy atom. The van der Waals surface area contributed by atoms with Crippen LogP contribution in [0.2, 0.25) is 0 Å². The maximum Gasteiger partial charge on any atom is 0.348 e. The van der Waals surface area contributed by atoms with Crippen molar-refractivity contribution in [3.63, 3.8) is 0 Å². The van der Waals surface area contributed by atoms with Crippen LogP contribution in [0.15, 0.2) is 60.7 Å². The van der Waals surface area contributed by atoms with Gasteiger partial charge in [0, 0.05) is 6.54 Å². The molecule has 0 aromatic heterocycles. The van der Waals surface area contributed by atoms with Gasteiger partial charge in [-0.2, -0.15) is 0 Å². The minimum absolute atomic E-state index is 0.309. The number of urea groups is 1. The average molecular weight is 384 g/mol. The van der Waals surface area contributed by atoms with E-state index in [-0.39, 0.29) is 0 Å². The molecule has 2 aromatic carbocycles. The minimum Gasteiger partial charge on any atom is -0.453 e. The molecule has 2 aromatic rings. The first-order chi connectivity index (χ1) is 13.5. The topological polar surface area (TPSA) is 105 Å². The van der Waals surface area contributed by atoms with Crippen LogP contribution in [0, 0.1) is 0 Å². The smallest absolute Gasteiger partial charge is 0.348 e. The molecule has 0 aliphatic heterocycles. The Morgan fingerprint density at radius 3 is 2.00 bits per heavy atom. The van der Waals surface area contributed by atoms with E-state index in [9.17, 15) is 19.5 Å². The third kappa shape index (κ3) is 5.40. The van der Waals surface area contributed by atoms with Crippen molar-refractivity contribution in [3.05, 3.63) is 71.8 Å². The highest BCUT2D eigenvalue weighted by Gasteiger charge is 2.41. The number of carbonyl (C=O) groups is 3. The third-order valence-electron chi connectivity index (χ3n) is 4.08. The molecule has 0 unspecified atom stereocenters. The lowest BCUT2D eigenvalue weighted by molar-refractivity contribution is -0.164. The summed E-state index contributed by atoms with van der Waals surface area (Å²) in [5.41, 5.74) is -1.46. The van der Waals surface area contributed by atoms with Crippen LogP contribution in [-0.2, 0) is 19.9 Å². The minimum atomic E-state index is -2.08. The zero-order valence-electron chi connectivity index (χ0n) is 15.7. The number of carbonyl (C=O) groups excluding carboxylic acids is 3. The van der Waals surface area contributed by atoms with Gasteiger partial charge in [-0.3, -0.25) is 10.1 Å². The van der Waals surface area contributed by atoms with Crippen LogP contribution in [0.5, 0.6) is 0 Å². The zero-order chi connectivity index (χ0) is 20.4. The van der Waals surface area contributed by atoms with Gasteiger partial charge >= 0.3 is 12.0 Å². The van der Waals surface area contributed by atoms with Gasteiger partial charge in [-0.15, -0.1) is 0 Å². The van der Waals surface area contributed by atoms with E-state index >= 15 is 0 Å². The Kier molecular flexibility index (Phi) is 7.71. The predicted octanol–water partition coefficient (Wildman–Crippen LogP) is 2.09. The van der Waals surface area contributed by atoms with Crippen LogP contribution in [0.3, 0.4) is 0 Å². The molecule has 0 radical (unpaired) electrons. The number of nitrogens with one attached hydrogen (secondary N) is 2. The lowest BCUT2D eigenvalue weighted by Crippen LogP contribution is -2.44. The normalized spacial score (nSPS) is 10.8. The van der Waals surface area contributed by atoms with Gasteiger partial charge in [0.1, 0.15) is 0 Å². The summed E-state index contributed by atoms with van der Waals surface area (Å²) < 4.78 is 5.02. The molecule has 0 atom stereocenters. The second-order valence-corrected chi connectivity index (χ2v) is 6.18. The molecule has 0 fully saturated rings. The summed E-state index contributed by atoms with van der Waals surface area (Å²) in [5.74, 6) is -1.79. The Bertz CT molecular complexity index is 753. The van der Waals surface area contributed by atoms with Gasteiger partial charge in [0.15, 0.2) is 6.61 Å². The van der Waals surface area contributed by atoms with Gasteiger partial charge in [0.2, 0.25) is 5.60 Å². The maximum absolute atomic E-state index is 12.7. The number of ether oxygens (including phenoxy) is 1. The second-order valence-electron chi connectivity index (χ2n) is 6.18. The largest absolute Gasteiger partial charge is 0.453 e.